The summed E-state index contributed by atoms with van der Waals surface area (Å²) in [5.41, 5.74) is 6.71. The standard InChI is InChI=1S/C24H16O/c1-2-6-17(7-3-1)18-10-12-19(13-11-18)20-14-15-22-21-8-4-5-9-23(21)25-24(22)16-20/h1-16H. The number of rotatable bonds is 2. The van der Waals surface area contributed by atoms with Gasteiger partial charge in [0.05, 0.1) is 0 Å². The van der Waals surface area contributed by atoms with Gasteiger partial charge in [-0.25, -0.2) is 0 Å². The summed E-state index contributed by atoms with van der Waals surface area (Å²) in [6, 6.07) is 33.8. The third-order valence-corrected chi connectivity index (χ3v) is 4.70. The van der Waals surface area contributed by atoms with Gasteiger partial charge < -0.3 is 4.42 Å². The van der Waals surface area contributed by atoms with Crippen LogP contribution >= 0.6 is 0 Å². The number of para-hydroxylation sites is 1. The molecule has 0 atom stereocenters. The SMILES string of the molecule is c1ccc(-c2ccc(-c3ccc4c(c3)oc3ccccc34)cc2)cc1. The molecule has 118 valence electrons. The van der Waals surface area contributed by atoms with Crippen LogP contribution in [0.25, 0.3) is 44.2 Å². The van der Waals surface area contributed by atoms with Crippen molar-refractivity contribution >= 4 is 21.9 Å². The average Bonchev–Trinajstić information content (AvgIpc) is 3.06. The van der Waals surface area contributed by atoms with Crippen molar-refractivity contribution in [3.63, 3.8) is 0 Å². The largest absolute Gasteiger partial charge is 0.456 e. The number of benzene rings is 4. The summed E-state index contributed by atoms with van der Waals surface area (Å²) >= 11 is 0. The quantitative estimate of drug-likeness (QED) is 0.344. The molecule has 0 saturated heterocycles. The van der Waals surface area contributed by atoms with Crippen LogP contribution in [-0.2, 0) is 0 Å². The molecular weight excluding hydrogens is 304 g/mol. The van der Waals surface area contributed by atoms with Crippen LogP contribution in [0.5, 0.6) is 0 Å². The first kappa shape index (κ1) is 14.1. The lowest BCUT2D eigenvalue weighted by molar-refractivity contribution is 0.669. The van der Waals surface area contributed by atoms with Crippen molar-refractivity contribution in [2.75, 3.05) is 0 Å². The molecular formula is C24H16O. The van der Waals surface area contributed by atoms with E-state index >= 15 is 0 Å². The fraction of sp³-hybridized carbons (Fsp3) is 0. The van der Waals surface area contributed by atoms with Gasteiger partial charge in [0.1, 0.15) is 11.2 Å². The Morgan fingerprint density at radius 2 is 0.960 bits per heavy atom. The molecule has 0 saturated carbocycles. The summed E-state index contributed by atoms with van der Waals surface area (Å²) in [4.78, 5) is 0. The Morgan fingerprint density at radius 1 is 0.400 bits per heavy atom. The second kappa shape index (κ2) is 5.64. The van der Waals surface area contributed by atoms with E-state index in [-0.39, 0.29) is 0 Å². The van der Waals surface area contributed by atoms with E-state index in [2.05, 4.69) is 72.8 Å². The van der Waals surface area contributed by atoms with Crippen molar-refractivity contribution in [1.82, 2.24) is 0 Å². The van der Waals surface area contributed by atoms with Gasteiger partial charge in [-0.3, -0.25) is 0 Å². The Kier molecular flexibility index (Phi) is 3.17. The predicted molar refractivity (Wildman–Crippen MR) is 105 cm³/mol. The highest BCUT2D eigenvalue weighted by molar-refractivity contribution is 6.05. The van der Waals surface area contributed by atoms with Crippen molar-refractivity contribution in [3.05, 3.63) is 97.1 Å². The second-order valence-corrected chi connectivity index (χ2v) is 6.25. The maximum absolute atomic E-state index is 6.01. The molecule has 4 aromatic carbocycles. The highest BCUT2D eigenvalue weighted by atomic mass is 16.3. The summed E-state index contributed by atoms with van der Waals surface area (Å²) in [6.07, 6.45) is 0. The van der Waals surface area contributed by atoms with Crippen LogP contribution in [0.4, 0.5) is 0 Å². The lowest BCUT2D eigenvalue weighted by Gasteiger charge is -2.05. The Bertz CT molecular complexity index is 1170. The Balaban J connectivity index is 1.57. The van der Waals surface area contributed by atoms with Crippen molar-refractivity contribution in [2.45, 2.75) is 0 Å². The van der Waals surface area contributed by atoms with E-state index in [1.807, 2.05) is 24.3 Å². The van der Waals surface area contributed by atoms with Crippen LogP contribution in [0.3, 0.4) is 0 Å². The maximum Gasteiger partial charge on any atom is 0.136 e. The van der Waals surface area contributed by atoms with Gasteiger partial charge in [0.2, 0.25) is 0 Å². The fourth-order valence-electron chi connectivity index (χ4n) is 3.39. The first-order valence-electron chi connectivity index (χ1n) is 8.46. The van der Waals surface area contributed by atoms with E-state index < -0.39 is 0 Å². The topological polar surface area (TPSA) is 13.1 Å². The van der Waals surface area contributed by atoms with E-state index in [0.29, 0.717) is 0 Å². The van der Waals surface area contributed by atoms with Crippen LogP contribution in [0.1, 0.15) is 0 Å². The third-order valence-electron chi connectivity index (χ3n) is 4.70. The predicted octanol–water partition coefficient (Wildman–Crippen LogP) is 6.92. The van der Waals surface area contributed by atoms with Gasteiger partial charge >= 0.3 is 0 Å². The molecule has 5 rings (SSSR count). The third kappa shape index (κ3) is 2.41. The molecule has 1 heteroatoms. The number of fused-ring (bicyclic) bond motifs is 3. The van der Waals surface area contributed by atoms with E-state index in [4.69, 9.17) is 4.42 Å². The summed E-state index contributed by atoms with van der Waals surface area (Å²) in [7, 11) is 0. The van der Waals surface area contributed by atoms with Gasteiger partial charge in [0.25, 0.3) is 0 Å². The molecule has 0 aliphatic carbocycles. The summed E-state index contributed by atoms with van der Waals surface area (Å²) < 4.78 is 6.01. The van der Waals surface area contributed by atoms with Crippen LogP contribution in [0.2, 0.25) is 0 Å². The van der Waals surface area contributed by atoms with Crippen LogP contribution in [-0.4, -0.2) is 0 Å². The molecule has 5 aromatic rings. The van der Waals surface area contributed by atoms with Gasteiger partial charge in [0, 0.05) is 10.8 Å². The zero-order chi connectivity index (χ0) is 16.6. The molecule has 1 nitrogen and oxygen atoms in total. The Labute approximate surface area is 146 Å². The molecule has 0 spiro atoms. The number of hydrogen-bond donors (Lipinski definition) is 0. The van der Waals surface area contributed by atoms with E-state index in [9.17, 15) is 0 Å². The van der Waals surface area contributed by atoms with Crippen molar-refractivity contribution in [2.24, 2.45) is 0 Å². The molecule has 0 aliphatic heterocycles. The zero-order valence-corrected chi connectivity index (χ0v) is 13.6. The maximum atomic E-state index is 6.01. The van der Waals surface area contributed by atoms with Crippen molar-refractivity contribution < 1.29 is 4.42 Å². The first-order valence-corrected chi connectivity index (χ1v) is 8.46. The molecule has 0 unspecified atom stereocenters. The summed E-state index contributed by atoms with van der Waals surface area (Å²) in [6.45, 7) is 0. The number of hydrogen-bond acceptors (Lipinski definition) is 1. The molecule has 0 aliphatic rings. The van der Waals surface area contributed by atoms with Crippen molar-refractivity contribution in [1.29, 1.82) is 0 Å². The molecule has 0 fully saturated rings. The normalized spacial score (nSPS) is 11.2. The summed E-state index contributed by atoms with van der Waals surface area (Å²) in [5, 5.41) is 2.34. The minimum atomic E-state index is 0.936. The van der Waals surface area contributed by atoms with Crippen molar-refractivity contribution in [3.8, 4) is 22.3 Å². The highest BCUT2D eigenvalue weighted by Crippen LogP contribution is 2.32. The molecule has 1 heterocycles. The number of furan rings is 1. The molecule has 1 aromatic heterocycles. The van der Waals surface area contributed by atoms with E-state index in [0.717, 1.165) is 11.2 Å². The van der Waals surface area contributed by atoms with Crippen LogP contribution < -0.4 is 0 Å². The van der Waals surface area contributed by atoms with Crippen LogP contribution in [0.15, 0.2) is 101 Å². The van der Waals surface area contributed by atoms with Gasteiger partial charge in [-0.1, -0.05) is 78.9 Å². The van der Waals surface area contributed by atoms with E-state index in [1.165, 1.54) is 33.0 Å². The molecule has 0 amide bonds. The highest BCUT2D eigenvalue weighted by Gasteiger charge is 2.08. The average molecular weight is 320 g/mol. The first-order chi connectivity index (χ1) is 12.4. The zero-order valence-electron chi connectivity index (χ0n) is 13.6. The minimum Gasteiger partial charge on any atom is -0.456 e. The van der Waals surface area contributed by atoms with Gasteiger partial charge in [-0.2, -0.15) is 0 Å². The lowest BCUT2D eigenvalue weighted by atomic mass is 9.99. The lowest BCUT2D eigenvalue weighted by Crippen LogP contribution is -1.80. The molecule has 0 bridgehead atoms. The van der Waals surface area contributed by atoms with Gasteiger partial charge in [-0.15, -0.1) is 0 Å². The van der Waals surface area contributed by atoms with Gasteiger partial charge in [-0.05, 0) is 40.5 Å². The minimum absolute atomic E-state index is 0.936. The molecule has 25 heavy (non-hydrogen) atoms. The second-order valence-electron chi connectivity index (χ2n) is 6.25. The molecule has 0 radical (unpaired) electrons. The van der Waals surface area contributed by atoms with E-state index in [1.54, 1.807) is 0 Å². The smallest absolute Gasteiger partial charge is 0.136 e. The van der Waals surface area contributed by atoms with Gasteiger partial charge in [0.15, 0.2) is 0 Å². The Hall–Kier alpha value is -3.32. The Morgan fingerprint density at radius 3 is 1.76 bits per heavy atom. The van der Waals surface area contributed by atoms with Crippen LogP contribution in [0, 0.1) is 0 Å². The fourth-order valence-corrected chi connectivity index (χ4v) is 3.39. The molecule has 0 N–H and O–H groups in total. The monoisotopic (exact) mass is 320 g/mol. The summed E-state index contributed by atoms with van der Waals surface area (Å²) in [5.74, 6) is 0.